The second-order valence-electron chi connectivity index (χ2n) is 3.77. The number of hydrogen-bond acceptors (Lipinski definition) is 2. The Morgan fingerprint density at radius 2 is 2.29 bits per heavy atom. The SMILES string of the molecule is O=C(O)C1(Cc2cncc(F)c2)CC1. The van der Waals surface area contributed by atoms with E-state index >= 15 is 0 Å². The van der Waals surface area contributed by atoms with Crippen LogP contribution in [0.2, 0.25) is 0 Å². The van der Waals surface area contributed by atoms with Crippen LogP contribution in [0.25, 0.3) is 0 Å². The Balaban J connectivity index is 2.15. The minimum Gasteiger partial charge on any atom is -0.481 e. The van der Waals surface area contributed by atoms with Gasteiger partial charge in [0.25, 0.3) is 0 Å². The zero-order valence-corrected chi connectivity index (χ0v) is 7.53. The van der Waals surface area contributed by atoms with Crippen molar-refractivity contribution in [1.82, 2.24) is 4.98 Å². The van der Waals surface area contributed by atoms with E-state index in [9.17, 15) is 9.18 Å². The van der Waals surface area contributed by atoms with Crippen LogP contribution in [0.4, 0.5) is 4.39 Å². The van der Waals surface area contributed by atoms with Gasteiger partial charge in [-0.1, -0.05) is 0 Å². The van der Waals surface area contributed by atoms with E-state index < -0.39 is 17.2 Å². The molecule has 1 saturated carbocycles. The first-order chi connectivity index (χ1) is 6.62. The Bertz CT molecular complexity index is 374. The van der Waals surface area contributed by atoms with Gasteiger partial charge in [0, 0.05) is 6.20 Å². The number of nitrogens with zero attached hydrogens (tertiary/aromatic N) is 1. The van der Waals surface area contributed by atoms with Gasteiger partial charge in [-0.2, -0.15) is 0 Å². The van der Waals surface area contributed by atoms with Gasteiger partial charge in [0.1, 0.15) is 5.82 Å². The molecule has 0 bridgehead atoms. The fraction of sp³-hybridized carbons (Fsp3) is 0.400. The summed E-state index contributed by atoms with van der Waals surface area (Å²) in [4.78, 5) is 14.5. The zero-order chi connectivity index (χ0) is 10.2. The van der Waals surface area contributed by atoms with E-state index in [0.29, 0.717) is 24.8 Å². The van der Waals surface area contributed by atoms with E-state index in [1.165, 1.54) is 12.3 Å². The van der Waals surface area contributed by atoms with Crippen LogP contribution in [0.5, 0.6) is 0 Å². The fourth-order valence-corrected chi connectivity index (χ4v) is 1.56. The lowest BCUT2D eigenvalue weighted by Crippen LogP contribution is -2.17. The second kappa shape index (κ2) is 3.04. The molecule has 0 radical (unpaired) electrons. The molecule has 1 aliphatic carbocycles. The lowest BCUT2D eigenvalue weighted by Gasteiger charge is -2.08. The molecule has 1 aromatic rings. The van der Waals surface area contributed by atoms with Gasteiger partial charge in [-0.3, -0.25) is 9.78 Å². The molecular weight excluding hydrogens is 185 g/mol. The third-order valence-electron chi connectivity index (χ3n) is 2.61. The minimum atomic E-state index is -0.790. The molecular formula is C10H10FNO2. The third kappa shape index (κ3) is 1.60. The quantitative estimate of drug-likeness (QED) is 0.797. The summed E-state index contributed by atoms with van der Waals surface area (Å²) in [5.74, 6) is -1.20. The zero-order valence-electron chi connectivity index (χ0n) is 7.53. The maximum Gasteiger partial charge on any atom is 0.309 e. The first kappa shape index (κ1) is 9.12. The number of rotatable bonds is 3. The first-order valence-corrected chi connectivity index (χ1v) is 4.45. The molecule has 14 heavy (non-hydrogen) atoms. The lowest BCUT2D eigenvalue weighted by molar-refractivity contribution is -0.143. The minimum absolute atomic E-state index is 0.382. The molecule has 0 atom stereocenters. The summed E-state index contributed by atoms with van der Waals surface area (Å²) < 4.78 is 12.8. The normalized spacial score (nSPS) is 17.8. The number of aliphatic carboxylic acids is 1. The summed E-state index contributed by atoms with van der Waals surface area (Å²) in [6.07, 6.45) is 4.38. The van der Waals surface area contributed by atoms with Crippen LogP contribution in [-0.4, -0.2) is 16.1 Å². The Morgan fingerprint density at radius 1 is 1.57 bits per heavy atom. The maximum absolute atomic E-state index is 12.8. The molecule has 0 spiro atoms. The molecule has 1 aromatic heterocycles. The molecule has 4 heteroatoms. The van der Waals surface area contributed by atoms with Crippen LogP contribution >= 0.6 is 0 Å². The van der Waals surface area contributed by atoms with E-state index in [4.69, 9.17) is 5.11 Å². The Kier molecular flexibility index (Phi) is 1.98. The maximum atomic E-state index is 12.8. The molecule has 1 fully saturated rings. The van der Waals surface area contributed by atoms with Crippen LogP contribution in [-0.2, 0) is 11.2 Å². The Labute approximate surface area is 80.6 Å². The molecule has 1 N–H and O–H groups in total. The van der Waals surface area contributed by atoms with E-state index in [0.717, 1.165) is 6.20 Å². The molecule has 1 heterocycles. The molecule has 74 valence electrons. The van der Waals surface area contributed by atoms with E-state index in [1.807, 2.05) is 0 Å². The van der Waals surface area contributed by atoms with Crippen molar-refractivity contribution >= 4 is 5.97 Å². The average Bonchev–Trinajstić information content (AvgIpc) is 2.85. The number of aromatic nitrogens is 1. The van der Waals surface area contributed by atoms with Gasteiger partial charge in [-0.05, 0) is 30.9 Å². The van der Waals surface area contributed by atoms with Crippen molar-refractivity contribution < 1.29 is 14.3 Å². The highest BCUT2D eigenvalue weighted by molar-refractivity contribution is 5.78. The summed E-state index contributed by atoms with van der Waals surface area (Å²) in [7, 11) is 0. The molecule has 0 aromatic carbocycles. The Morgan fingerprint density at radius 3 is 2.79 bits per heavy atom. The van der Waals surface area contributed by atoms with Crippen molar-refractivity contribution in [1.29, 1.82) is 0 Å². The summed E-state index contributed by atoms with van der Waals surface area (Å²) in [5, 5.41) is 8.92. The van der Waals surface area contributed by atoms with Gasteiger partial charge in [-0.25, -0.2) is 4.39 Å². The predicted octanol–water partition coefficient (Wildman–Crippen LogP) is 1.63. The van der Waals surface area contributed by atoms with Gasteiger partial charge < -0.3 is 5.11 Å². The largest absolute Gasteiger partial charge is 0.481 e. The van der Waals surface area contributed by atoms with Crippen LogP contribution in [0, 0.1) is 11.2 Å². The standard InChI is InChI=1S/C10H10FNO2/c11-8-3-7(5-12-6-8)4-10(1-2-10)9(13)14/h3,5-6H,1-2,4H2,(H,13,14). The number of halogens is 1. The van der Waals surface area contributed by atoms with Gasteiger partial charge in [0.15, 0.2) is 0 Å². The van der Waals surface area contributed by atoms with Gasteiger partial charge in [0.05, 0.1) is 11.6 Å². The third-order valence-corrected chi connectivity index (χ3v) is 2.61. The number of hydrogen-bond donors (Lipinski definition) is 1. The lowest BCUT2D eigenvalue weighted by atomic mass is 9.98. The monoisotopic (exact) mass is 195 g/mol. The predicted molar refractivity (Wildman–Crippen MR) is 47.2 cm³/mol. The van der Waals surface area contributed by atoms with Crippen molar-refractivity contribution in [3.05, 3.63) is 29.8 Å². The van der Waals surface area contributed by atoms with Crippen LogP contribution in [0.15, 0.2) is 18.5 Å². The number of carboxylic acid groups (broad SMARTS) is 1. The Hall–Kier alpha value is -1.45. The summed E-state index contributed by atoms with van der Waals surface area (Å²) >= 11 is 0. The first-order valence-electron chi connectivity index (χ1n) is 4.45. The molecule has 1 aliphatic rings. The highest BCUT2D eigenvalue weighted by Crippen LogP contribution is 2.48. The topological polar surface area (TPSA) is 50.2 Å². The van der Waals surface area contributed by atoms with Crippen LogP contribution < -0.4 is 0 Å². The van der Waals surface area contributed by atoms with Crippen LogP contribution in [0.1, 0.15) is 18.4 Å². The molecule has 0 aliphatic heterocycles. The van der Waals surface area contributed by atoms with Crippen molar-refractivity contribution in [2.75, 3.05) is 0 Å². The van der Waals surface area contributed by atoms with E-state index in [-0.39, 0.29) is 0 Å². The summed E-state index contributed by atoms with van der Waals surface area (Å²) in [6.45, 7) is 0. The number of carbonyl (C=O) groups is 1. The molecule has 2 rings (SSSR count). The van der Waals surface area contributed by atoms with E-state index in [2.05, 4.69) is 4.98 Å². The molecule has 0 saturated heterocycles. The number of pyridine rings is 1. The van der Waals surface area contributed by atoms with Gasteiger partial charge in [0.2, 0.25) is 0 Å². The summed E-state index contributed by atoms with van der Waals surface area (Å²) in [6, 6.07) is 1.34. The second-order valence-corrected chi connectivity index (χ2v) is 3.77. The average molecular weight is 195 g/mol. The van der Waals surface area contributed by atoms with Crippen molar-refractivity contribution in [3.63, 3.8) is 0 Å². The van der Waals surface area contributed by atoms with Crippen molar-refractivity contribution in [3.8, 4) is 0 Å². The van der Waals surface area contributed by atoms with Crippen LogP contribution in [0.3, 0.4) is 0 Å². The van der Waals surface area contributed by atoms with Gasteiger partial charge >= 0.3 is 5.97 Å². The molecule has 0 unspecified atom stereocenters. The number of carboxylic acids is 1. The fourth-order valence-electron chi connectivity index (χ4n) is 1.56. The van der Waals surface area contributed by atoms with Crippen molar-refractivity contribution in [2.24, 2.45) is 5.41 Å². The van der Waals surface area contributed by atoms with Gasteiger partial charge in [-0.15, -0.1) is 0 Å². The molecule has 0 amide bonds. The highest BCUT2D eigenvalue weighted by Gasteiger charge is 2.49. The smallest absolute Gasteiger partial charge is 0.309 e. The molecule has 3 nitrogen and oxygen atoms in total. The highest BCUT2D eigenvalue weighted by atomic mass is 19.1. The van der Waals surface area contributed by atoms with E-state index in [1.54, 1.807) is 0 Å². The summed E-state index contributed by atoms with van der Waals surface area (Å²) in [5.41, 5.74) is 0.0139. The van der Waals surface area contributed by atoms with Crippen molar-refractivity contribution in [2.45, 2.75) is 19.3 Å².